The number of sulfone groups is 1. The molecule has 2 N–H and O–H groups in total. The van der Waals surface area contributed by atoms with Crippen molar-refractivity contribution in [2.75, 3.05) is 17.2 Å². The Balaban J connectivity index is 1.88. The fourth-order valence-electron chi connectivity index (χ4n) is 3.43. The molecule has 0 amide bonds. The molecule has 3 rings (SSSR count). The Morgan fingerprint density at radius 2 is 2.10 bits per heavy atom. The fourth-order valence-corrected chi connectivity index (χ4v) is 5.13. The van der Waals surface area contributed by atoms with E-state index in [1.54, 1.807) is 0 Å². The molecule has 0 bridgehead atoms. The van der Waals surface area contributed by atoms with E-state index in [1.165, 1.54) is 19.3 Å². The number of nitrogens with zero attached hydrogens (tertiary/aromatic N) is 2. The molecule has 1 unspecified atom stereocenters. The second-order valence-corrected chi connectivity index (χ2v) is 8.79. The number of rotatable bonds is 5. The summed E-state index contributed by atoms with van der Waals surface area (Å²) < 4.78 is 25.2. The Hall–Kier alpha value is -1.04. The normalized spacial score (nSPS) is 25.1. The number of hydrogen-bond acceptors (Lipinski definition) is 4. The molecule has 1 aromatic heterocycles. The average molecular weight is 311 g/mol. The van der Waals surface area contributed by atoms with E-state index in [-0.39, 0.29) is 17.5 Å². The summed E-state index contributed by atoms with van der Waals surface area (Å²) in [6, 6.07) is -0.0688. The fraction of sp³-hybridized carbons (Fsp3) is 0.800. The van der Waals surface area contributed by atoms with Gasteiger partial charge < -0.3 is 5.73 Å². The topological polar surface area (TPSA) is 78.0 Å². The molecule has 1 atom stereocenters. The number of hydrogen-bond donors (Lipinski definition) is 1. The van der Waals surface area contributed by atoms with Gasteiger partial charge in [-0.2, -0.15) is 5.10 Å². The van der Waals surface area contributed by atoms with Crippen LogP contribution in [-0.2, 0) is 22.7 Å². The Morgan fingerprint density at radius 1 is 1.33 bits per heavy atom. The van der Waals surface area contributed by atoms with Gasteiger partial charge in [-0.05, 0) is 25.2 Å². The Labute approximate surface area is 126 Å². The first-order chi connectivity index (χ1) is 10.00. The van der Waals surface area contributed by atoms with Crippen LogP contribution in [0.5, 0.6) is 0 Å². The van der Waals surface area contributed by atoms with Crippen LogP contribution in [0, 0.1) is 5.92 Å². The monoisotopic (exact) mass is 311 g/mol. The lowest BCUT2D eigenvalue weighted by molar-refractivity contribution is 0.310. The van der Waals surface area contributed by atoms with Gasteiger partial charge in [-0.15, -0.1) is 0 Å². The molecule has 1 saturated heterocycles. The maximum atomic E-state index is 11.7. The number of anilines is 1. The summed E-state index contributed by atoms with van der Waals surface area (Å²) >= 11 is 0. The van der Waals surface area contributed by atoms with Crippen LogP contribution < -0.4 is 5.73 Å². The van der Waals surface area contributed by atoms with Crippen molar-refractivity contribution >= 4 is 15.7 Å². The molecule has 118 valence electrons. The molecule has 6 heteroatoms. The minimum Gasteiger partial charge on any atom is -0.384 e. The Morgan fingerprint density at radius 3 is 2.62 bits per heavy atom. The lowest BCUT2D eigenvalue weighted by Crippen LogP contribution is -2.16. The second-order valence-electron chi connectivity index (χ2n) is 6.56. The third-order valence-corrected chi connectivity index (χ3v) is 6.64. The van der Waals surface area contributed by atoms with Gasteiger partial charge in [0.05, 0.1) is 23.2 Å². The molecule has 21 heavy (non-hydrogen) atoms. The van der Waals surface area contributed by atoms with Crippen molar-refractivity contribution in [3.63, 3.8) is 0 Å². The molecular formula is C15H25N3O2S. The Kier molecular flexibility index (Phi) is 3.99. The van der Waals surface area contributed by atoms with Crippen molar-refractivity contribution in [2.45, 2.75) is 57.9 Å². The van der Waals surface area contributed by atoms with Crippen molar-refractivity contribution in [1.29, 1.82) is 0 Å². The highest BCUT2D eigenvalue weighted by atomic mass is 32.2. The third-order valence-electron chi connectivity index (χ3n) is 4.89. The third kappa shape index (κ3) is 2.96. The van der Waals surface area contributed by atoms with Crippen molar-refractivity contribution in [3.05, 3.63) is 11.3 Å². The van der Waals surface area contributed by atoms with Gasteiger partial charge in [-0.3, -0.25) is 0 Å². The van der Waals surface area contributed by atoms with Gasteiger partial charge in [-0.25, -0.2) is 13.1 Å². The van der Waals surface area contributed by atoms with E-state index in [2.05, 4.69) is 6.92 Å². The minimum absolute atomic E-state index is 0.0688. The van der Waals surface area contributed by atoms with E-state index in [0.29, 0.717) is 12.2 Å². The zero-order valence-electron chi connectivity index (χ0n) is 12.7. The van der Waals surface area contributed by atoms with E-state index in [4.69, 9.17) is 10.8 Å². The molecule has 1 aliphatic heterocycles. The van der Waals surface area contributed by atoms with Crippen LogP contribution in [0.3, 0.4) is 0 Å². The van der Waals surface area contributed by atoms with Crippen LogP contribution in [-0.4, -0.2) is 29.7 Å². The molecule has 0 spiro atoms. The van der Waals surface area contributed by atoms with Gasteiger partial charge in [0.15, 0.2) is 9.84 Å². The summed E-state index contributed by atoms with van der Waals surface area (Å²) in [6.07, 6.45) is 7.52. The average Bonchev–Trinajstić information content (AvgIpc) is 2.87. The molecule has 2 heterocycles. The smallest absolute Gasteiger partial charge is 0.152 e. The van der Waals surface area contributed by atoms with E-state index in [1.807, 2.05) is 4.68 Å². The first-order valence-corrected chi connectivity index (χ1v) is 9.88. The van der Waals surface area contributed by atoms with E-state index < -0.39 is 9.84 Å². The lowest BCUT2D eigenvalue weighted by Gasteiger charge is -2.24. The maximum absolute atomic E-state index is 11.7. The lowest BCUT2D eigenvalue weighted by atomic mass is 9.81. The summed E-state index contributed by atoms with van der Waals surface area (Å²) in [5.41, 5.74) is 8.57. The van der Waals surface area contributed by atoms with Crippen molar-refractivity contribution < 1.29 is 8.42 Å². The van der Waals surface area contributed by atoms with Crippen LogP contribution in [0.1, 0.15) is 56.3 Å². The summed E-state index contributed by atoms with van der Waals surface area (Å²) in [5, 5.41) is 4.72. The molecule has 1 aliphatic carbocycles. The van der Waals surface area contributed by atoms with Gasteiger partial charge in [0.2, 0.25) is 0 Å². The van der Waals surface area contributed by atoms with Crippen molar-refractivity contribution in [2.24, 2.45) is 5.92 Å². The zero-order valence-corrected chi connectivity index (χ0v) is 13.5. The second kappa shape index (κ2) is 5.63. The van der Waals surface area contributed by atoms with E-state index in [0.717, 1.165) is 36.4 Å². The molecule has 2 aliphatic rings. The van der Waals surface area contributed by atoms with Gasteiger partial charge in [0.25, 0.3) is 0 Å². The zero-order chi connectivity index (χ0) is 15.0. The molecule has 0 radical (unpaired) electrons. The SMILES string of the molecule is CCCc1c(CC2CCC2)nn(C2CCS(=O)(=O)C2)c1N. The first-order valence-electron chi connectivity index (χ1n) is 8.06. The molecular weight excluding hydrogens is 286 g/mol. The molecule has 2 fully saturated rings. The molecule has 1 aromatic rings. The van der Waals surface area contributed by atoms with Crippen LogP contribution in [0.2, 0.25) is 0 Å². The van der Waals surface area contributed by atoms with Crippen molar-refractivity contribution in [3.8, 4) is 0 Å². The predicted molar refractivity (Wildman–Crippen MR) is 84.0 cm³/mol. The number of nitrogens with two attached hydrogens (primary N) is 1. The summed E-state index contributed by atoms with van der Waals surface area (Å²) in [4.78, 5) is 0. The van der Waals surface area contributed by atoms with Crippen LogP contribution in [0.4, 0.5) is 5.82 Å². The number of aromatic nitrogens is 2. The summed E-state index contributed by atoms with van der Waals surface area (Å²) in [5.74, 6) is 1.90. The Bertz CT molecular complexity index is 617. The predicted octanol–water partition coefficient (Wildman–Crippen LogP) is 2.12. The minimum atomic E-state index is -2.91. The highest BCUT2D eigenvalue weighted by molar-refractivity contribution is 7.91. The summed E-state index contributed by atoms with van der Waals surface area (Å²) in [7, 11) is -2.91. The quantitative estimate of drug-likeness (QED) is 0.903. The number of nitrogen functional groups attached to an aromatic ring is 1. The van der Waals surface area contributed by atoms with Crippen LogP contribution in [0.15, 0.2) is 0 Å². The standard InChI is InChI=1S/C15H25N3O2S/c1-2-4-13-14(9-11-5-3-6-11)17-18(15(13)16)12-7-8-21(19,20)10-12/h11-12H,2-10,16H2,1H3. The maximum Gasteiger partial charge on any atom is 0.152 e. The molecule has 0 aromatic carbocycles. The van der Waals surface area contributed by atoms with Gasteiger partial charge in [-0.1, -0.05) is 32.6 Å². The van der Waals surface area contributed by atoms with Gasteiger partial charge >= 0.3 is 0 Å². The highest BCUT2D eigenvalue weighted by Gasteiger charge is 2.32. The van der Waals surface area contributed by atoms with Crippen LogP contribution >= 0.6 is 0 Å². The van der Waals surface area contributed by atoms with Gasteiger partial charge in [0, 0.05) is 5.56 Å². The van der Waals surface area contributed by atoms with Gasteiger partial charge in [0.1, 0.15) is 5.82 Å². The summed E-state index contributed by atoms with van der Waals surface area (Å²) in [6.45, 7) is 2.14. The van der Waals surface area contributed by atoms with Crippen LogP contribution in [0.25, 0.3) is 0 Å². The van der Waals surface area contributed by atoms with E-state index in [9.17, 15) is 8.42 Å². The highest BCUT2D eigenvalue weighted by Crippen LogP contribution is 2.34. The molecule has 1 saturated carbocycles. The largest absolute Gasteiger partial charge is 0.384 e. The van der Waals surface area contributed by atoms with Crippen molar-refractivity contribution in [1.82, 2.24) is 9.78 Å². The molecule has 5 nitrogen and oxygen atoms in total. The van der Waals surface area contributed by atoms with E-state index >= 15 is 0 Å². The first kappa shape index (κ1) is 14.9.